The van der Waals surface area contributed by atoms with E-state index in [0.29, 0.717) is 17.4 Å². The summed E-state index contributed by atoms with van der Waals surface area (Å²) in [5, 5.41) is 14.2. The molecule has 14 heavy (non-hydrogen) atoms. The predicted molar refractivity (Wildman–Crippen MR) is 56.8 cm³/mol. The molecule has 1 aromatic heterocycles. The Labute approximate surface area is 86.1 Å². The molecule has 0 saturated heterocycles. The molecule has 0 aliphatic heterocycles. The van der Waals surface area contributed by atoms with Gasteiger partial charge < -0.3 is 5.32 Å². The smallest absolute Gasteiger partial charge is 0.275 e. The third-order valence-corrected chi connectivity index (χ3v) is 2.19. The number of rotatable bonds is 4. The second-order valence-electron chi connectivity index (χ2n) is 2.54. The fourth-order valence-electron chi connectivity index (χ4n) is 0.973. The van der Waals surface area contributed by atoms with Crippen LogP contribution in [0.3, 0.4) is 0 Å². The van der Waals surface area contributed by atoms with E-state index in [1.54, 1.807) is 0 Å². The maximum atomic E-state index is 10.6. The summed E-state index contributed by atoms with van der Waals surface area (Å²) in [6.07, 6.45) is 1.84. The number of nitrogens with zero attached hydrogens (tertiary/aromatic N) is 2. The van der Waals surface area contributed by atoms with Crippen LogP contribution in [0.25, 0.3) is 0 Å². The topological polar surface area (TPSA) is 68.1 Å². The van der Waals surface area contributed by atoms with Crippen molar-refractivity contribution in [3.8, 4) is 0 Å². The number of nitro groups is 1. The number of hydrogen-bond acceptors (Lipinski definition) is 5. The molecule has 5 nitrogen and oxygen atoms in total. The summed E-state index contributed by atoms with van der Waals surface area (Å²) >= 11 is 1.38. The van der Waals surface area contributed by atoms with E-state index in [9.17, 15) is 10.1 Å². The lowest BCUT2D eigenvalue weighted by Gasteiger charge is -2.03. The summed E-state index contributed by atoms with van der Waals surface area (Å²) in [5.41, 5.74) is 0.0697. The molecule has 0 unspecified atom stereocenters. The first-order valence-corrected chi connectivity index (χ1v) is 5.34. The molecule has 0 radical (unpaired) electrons. The molecule has 0 fully saturated rings. The Kier molecular flexibility index (Phi) is 3.70. The van der Waals surface area contributed by atoms with Gasteiger partial charge in [-0.05, 0) is 13.2 Å². The zero-order valence-electron chi connectivity index (χ0n) is 7.98. The van der Waals surface area contributed by atoms with Crippen LogP contribution in [0.2, 0.25) is 0 Å². The summed E-state index contributed by atoms with van der Waals surface area (Å²) in [6, 6.07) is 2.90. The molecule has 0 spiro atoms. The van der Waals surface area contributed by atoms with Crippen LogP contribution >= 0.6 is 11.8 Å². The molecule has 0 saturated carbocycles. The van der Waals surface area contributed by atoms with Crippen molar-refractivity contribution in [2.75, 3.05) is 18.1 Å². The summed E-state index contributed by atoms with van der Waals surface area (Å²) in [4.78, 5) is 14.3. The van der Waals surface area contributed by atoms with Crippen molar-refractivity contribution in [1.82, 2.24) is 4.98 Å². The Morgan fingerprint density at radius 2 is 2.36 bits per heavy atom. The van der Waals surface area contributed by atoms with Crippen LogP contribution < -0.4 is 5.32 Å². The van der Waals surface area contributed by atoms with Crippen LogP contribution in [0, 0.1) is 10.1 Å². The normalized spacial score (nSPS) is 9.86. The molecule has 1 heterocycles. The fraction of sp³-hybridized carbons (Fsp3) is 0.375. The van der Waals surface area contributed by atoms with Crippen molar-refractivity contribution >= 4 is 23.3 Å². The highest BCUT2D eigenvalue weighted by Crippen LogP contribution is 2.22. The van der Waals surface area contributed by atoms with Crippen molar-refractivity contribution in [3.05, 3.63) is 22.2 Å². The van der Waals surface area contributed by atoms with Crippen molar-refractivity contribution in [1.29, 1.82) is 0 Å². The fourth-order valence-corrected chi connectivity index (χ4v) is 1.40. The molecular weight excluding hydrogens is 202 g/mol. The Bertz CT molecular complexity index is 343. The maximum absolute atomic E-state index is 10.6. The van der Waals surface area contributed by atoms with Gasteiger partial charge >= 0.3 is 0 Å². The van der Waals surface area contributed by atoms with Gasteiger partial charge in [-0.2, -0.15) is 0 Å². The number of hydrogen-bond donors (Lipinski definition) is 1. The zero-order valence-corrected chi connectivity index (χ0v) is 8.80. The standard InChI is InChI=1S/C8H11N3O2S/c1-3-9-7-4-6(11(12)13)5-8(10-7)14-2/h4-5H,3H2,1-2H3,(H,9,10). The minimum atomic E-state index is -0.414. The van der Waals surface area contributed by atoms with Crippen LogP contribution in [0.4, 0.5) is 11.5 Å². The van der Waals surface area contributed by atoms with Gasteiger partial charge in [0.2, 0.25) is 0 Å². The van der Waals surface area contributed by atoms with E-state index >= 15 is 0 Å². The second kappa shape index (κ2) is 4.80. The van der Waals surface area contributed by atoms with E-state index in [0.717, 1.165) is 0 Å². The third-order valence-electron chi connectivity index (χ3n) is 1.56. The number of anilines is 1. The van der Waals surface area contributed by atoms with Gasteiger partial charge in [0.05, 0.1) is 11.0 Å². The lowest BCUT2D eigenvalue weighted by Crippen LogP contribution is -2.01. The zero-order chi connectivity index (χ0) is 10.6. The van der Waals surface area contributed by atoms with Gasteiger partial charge in [-0.25, -0.2) is 4.98 Å². The van der Waals surface area contributed by atoms with E-state index in [-0.39, 0.29) is 5.69 Å². The maximum Gasteiger partial charge on any atom is 0.275 e. The summed E-state index contributed by atoms with van der Waals surface area (Å²) in [6.45, 7) is 2.61. The highest BCUT2D eigenvalue weighted by Gasteiger charge is 2.09. The van der Waals surface area contributed by atoms with Gasteiger partial charge in [-0.15, -0.1) is 11.8 Å². The Morgan fingerprint density at radius 3 is 2.86 bits per heavy atom. The van der Waals surface area contributed by atoms with Crippen LogP contribution in [-0.2, 0) is 0 Å². The van der Waals surface area contributed by atoms with Crippen LogP contribution in [-0.4, -0.2) is 22.7 Å². The first kappa shape index (κ1) is 10.8. The largest absolute Gasteiger partial charge is 0.370 e. The first-order valence-electron chi connectivity index (χ1n) is 4.11. The number of nitrogens with one attached hydrogen (secondary N) is 1. The third kappa shape index (κ3) is 2.59. The molecule has 0 atom stereocenters. The molecule has 0 bridgehead atoms. The van der Waals surface area contributed by atoms with E-state index in [1.807, 2.05) is 13.2 Å². The average Bonchev–Trinajstić information content (AvgIpc) is 2.17. The molecular formula is C8H11N3O2S. The molecule has 0 aliphatic carbocycles. The van der Waals surface area contributed by atoms with E-state index < -0.39 is 4.92 Å². The molecule has 1 rings (SSSR count). The highest BCUT2D eigenvalue weighted by atomic mass is 32.2. The highest BCUT2D eigenvalue weighted by molar-refractivity contribution is 7.98. The molecule has 1 aromatic rings. The lowest BCUT2D eigenvalue weighted by atomic mass is 10.4. The van der Waals surface area contributed by atoms with Gasteiger partial charge in [0.25, 0.3) is 5.69 Å². The van der Waals surface area contributed by atoms with Gasteiger partial charge in [0, 0.05) is 12.6 Å². The minimum absolute atomic E-state index is 0.0697. The van der Waals surface area contributed by atoms with Crippen molar-refractivity contribution in [3.63, 3.8) is 0 Å². The molecule has 0 aromatic carbocycles. The monoisotopic (exact) mass is 213 g/mol. The molecule has 6 heteroatoms. The van der Waals surface area contributed by atoms with Crippen molar-refractivity contribution < 1.29 is 4.92 Å². The quantitative estimate of drug-likeness (QED) is 0.471. The second-order valence-corrected chi connectivity index (χ2v) is 3.37. The first-order chi connectivity index (χ1) is 6.67. The molecule has 1 N–H and O–H groups in total. The summed E-state index contributed by atoms with van der Waals surface area (Å²) in [5.74, 6) is 0.547. The molecule has 76 valence electrons. The average molecular weight is 213 g/mol. The molecule has 0 aliphatic rings. The SMILES string of the molecule is CCNc1cc([N+](=O)[O-])cc(SC)n1. The van der Waals surface area contributed by atoms with Crippen molar-refractivity contribution in [2.24, 2.45) is 0 Å². The Morgan fingerprint density at radius 1 is 1.64 bits per heavy atom. The lowest BCUT2D eigenvalue weighted by molar-refractivity contribution is -0.385. The van der Waals surface area contributed by atoms with Gasteiger partial charge in [0.15, 0.2) is 0 Å². The minimum Gasteiger partial charge on any atom is -0.370 e. The van der Waals surface area contributed by atoms with Gasteiger partial charge in [-0.1, -0.05) is 0 Å². The van der Waals surface area contributed by atoms with Crippen LogP contribution in [0.1, 0.15) is 6.92 Å². The summed E-state index contributed by atoms with van der Waals surface area (Å²) < 4.78 is 0. The van der Waals surface area contributed by atoms with Gasteiger partial charge in [-0.3, -0.25) is 10.1 Å². The van der Waals surface area contributed by atoms with E-state index in [1.165, 1.54) is 23.9 Å². The Hall–Kier alpha value is -1.30. The number of aromatic nitrogens is 1. The number of thioether (sulfide) groups is 1. The van der Waals surface area contributed by atoms with Gasteiger partial charge in [0.1, 0.15) is 10.8 Å². The van der Waals surface area contributed by atoms with E-state index in [2.05, 4.69) is 10.3 Å². The van der Waals surface area contributed by atoms with Crippen LogP contribution in [0.15, 0.2) is 17.2 Å². The van der Waals surface area contributed by atoms with E-state index in [4.69, 9.17) is 0 Å². The Balaban J connectivity index is 3.06. The van der Waals surface area contributed by atoms with Crippen LogP contribution in [0.5, 0.6) is 0 Å². The van der Waals surface area contributed by atoms with Crippen molar-refractivity contribution in [2.45, 2.75) is 11.9 Å². The number of pyridine rings is 1. The summed E-state index contributed by atoms with van der Waals surface area (Å²) in [7, 11) is 0. The predicted octanol–water partition coefficient (Wildman–Crippen LogP) is 2.14. The molecule has 0 amide bonds.